The van der Waals surface area contributed by atoms with Gasteiger partial charge in [-0.25, -0.2) is 9.96 Å². The van der Waals surface area contributed by atoms with E-state index in [2.05, 4.69) is 6.07 Å². The predicted octanol–water partition coefficient (Wildman–Crippen LogP) is 4.56. The lowest BCUT2D eigenvalue weighted by atomic mass is 9.90. The van der Waals surface area contributed by atoms with E-state index in [0.717, 1.165) is 47.4 Å². The zero-order valence-electron chi connectivity index (χ0n) is 19.1. The third-order valence-corrected chi connectivity index (χ3v) is 8.33. The highest BCUT2D eigenvalue weighted by Crippen LogP contribution is 2.50. The Morgan fingerprint density at radius 1 is 1.03 bits per heavy atom. The minimum absolute atomic E-state index is 0.325. The maximum atomic E-state index is 13.9. The Hall–Kier alpha value is -3.67. The van der Waals surface area contributed by atoms with Gasteiger partial charge in [0.05, 0.1) is 24.4 Å². The number of para-hydroxylation sites is 1. The SMILES string of the molecule is COc1ccc([C@H]2[C@@H]3C(=O)N(c4sc5c(c4C#N)CCCC5)C(=O)[C@H]3ON2c2ccccc2)cc1. The van der Waals surface area contributed by atoms with Gasteiger partial charge in [0.1, 0.15) is 22.7 Å². The molecule has 0 spiro atoms. The smallest absolute Gasteiger partial charge is 0.267 e. The van der Waals surface area contributed by atoms with Crippen LogP contribution in [0.3, 0.4) is 0 Å². The number of imide groups is 1. The number of methoxy groups -OCH3 is 1. The number of benzene rings is 2. The number of ether oxygens (including phenoxy) is 1. The molecular formula is C27H23N3O4S. The van der Waals surface area contributed by atoms with Gasteiger partial charge in [-0.1, -0.05) is 30.3 Å². The zero-order chi connectivity index (χ0) is 24.1. The number of nitriles is 1. The average molecular weight is 486 g/mol. The summed E-state index contributed by atoms with van der Waals surface area (Å²) in [4.78, 5) is 36.1. The molecule has 0 radical (unpaired) electrons. The van der Waals surface area contributed by atoms with Gasteiger partial charge < -0.3 is 4.74 Å². The van der Waals surface area contributed by atoms with Crippen LogP contribution in [0.5, 0.6) is 5.75 Å². The minimum atomic E-state index is -0.958. The number of thiophene rings is 1. The van der Waals surface area contributed by atoms with Crippen LogP contribution in [0.25, 0.3) is 0 Å². The second-order valence-electron chi connectivity index (χ2n) is 8.95. The van der Waals surface area contributed by atoms with Gasteiger partial charge in [-0.05, 0) is 61.1 Å². The van der Waals surface area contributed by atoms with Crippen molar-refractivity contribution in [3.63, 3.8) is 0 Å². The molecule has 3 heterocycles. The van der Waals surface area contributed by atoms with Crippen molar-refractivity contribution in [1.82, 2.24) is 0 Å². The van der Waals surface area contributed by atoms with Gasteiger partial charge in [-0.2, -0.15) is 5.26 Å². The molecule has 2 aromatic carbocycles. The molecule has 8 heteroatoms. The summed E-state index contributed by atoms with van der Waals surface area (Å²) in [6, 6.07) is 18.7. The van der Waals surface area contributed by atoms with Gasteiger partial charge in [0.25, 0.3) is 5.91 Å². The van der Waals surface area contributed by atoms with Crippen LogP contribution < -0.4 is 14.7 Å². The van der Waals surface area contributed by atoms with E-state index in [1.807, 2.05) is 54.6 Å². The van der Waals surface area contributed by atoms with Gasteiger partial charge in [-0.15, -0.1) is 11.3 Å². The van der Waals surface area contributed by atoms with Crippen LogP contribution in [0.1, 0.15) is 40.5 Å². The molecule has 2 fully saturated rings. The van der Waals surface area contributed by atoms with Crippen LogP contribution >= 0.6 is 11.3 Å². The fourth-order valence-corrected chi connectivity index (χ4v) is 6.73. The molecule has 1 aromatic heterocycles. The van der Waals surface area contributed by atoms with E-state index in [1.165, 1.54) is 16.2 Å². The maximum absolute atomic E-state index is 13.9. The number of anilines is 2. The number of rotatable bonds is 4. The zero-order valence-corrected chi connectivity index (χ0v) is 20.0. The molecule has 0 saturated carbocycles. The Morgan fingerprint density at radius 2 is 1.77 bits per heavy atom. The number of carbonyl (C=O) groups excluding carboxylic acids is 2. The molecule has 35 heavy (non-hydrogen) atoms. The van der Waals surface area contributed by atoms with E-state index in [9.17, 15) is 14.9 Å². The number of fused-ring (bicyclic) bond motifs is 2. The lowest BCUT2D eigenvalue weighted by Gasteiger charge is -2.28. The molecule has 0 N–H and O–H groups in total. The first kappa shape index (κ1) is 21.8. The van der Waals surface area contributed by atoms with E-state index < -0.39 is 24.0 Å². The van der Waals surface area contributed by atoms with Gasteiger partial charge in [-0.3, -0.25) is 14.4 Å². The Kier molecular flexibility index (Phi) is 5.32. The first-order valence-corrected chi connectivity index (χ1v) is 12.5. The summed E-state index contributed by atoms with van der Waals surface area (Å²) in [5.41, 5.74) is 3.07. The number of amides is 2. The van der Waals surface area contributed by atoms with Crippen molar-refractivity contribution in [3.8, 4) is 11.8 Å². The van der Waals surface area contributed by atoms with Crippen molar-refractivity contribution in [2.24, 2.45) is 5.92 Å². The Morgan fingerprint density at radius 3 is 2.49 bits per heavy atom. The topological polar surface area (TPSA) is 82.9 Å². The monoisotopic (exact) mass is 485 g/mol. The quantitative estimate of drug-likeness (QED) is 0.504. The second kappa shape index (κ2) is 8.52. The van der Waals surface area contributed by atoms with Crippen LogP contribution in [0.4, 0.5) is 10.7 Å². The number of nitrogens with zero attached hydrogens (tertiary/aromatic N) is 3. The summed E-state index contributed by atoms with van der Waals surface area (Å²) in [6.45, 7) is 0. The highest BCUT2D eigenvalue weighted by Gasteiger charge is 2.61. The van der Waals surface area contributed by atoms with Crippen molar-refractivity contribution in [2.75, 3.05) is 17.1 Å². The van der Waals surface area contributed by atoms with Gasteiger partial charge in [0.15, 0.2) is 6.10 Å². The lowest BCUT2D eigenvalue weighted by molar-refractivity contribution is -0.126. The molecule has 176 valence electrons. The Balaban J connectivity index is 1.43. The fraction of sp³-hybridized carbons (Fsp3) is 0.296. The highest BCUT2D eigenvalue weighted by molar-refractivity contribution is 7.17. The predicted molar refractivity (Wildman–Crippen MR) is 131 cm³/mol. The van der Waals surface area contributed by atoms with Crippen molar-refractivity contribution in [3.05, 3.63) is 76.2 Å². The van der Waals surface area contributed by atoms with Gasteiger partial charge >= 0.3 is 0 Å². The first-order chi connectivity index (χ1) is 17.1. The number of carbonyl (C=O) groups is 2. The summed E-state index contributed by atoms with van der Waals surface area (Å²) in [5, 5.41) is 12.1. The number of hydrogen-bond donors (Lipinski definition) is 0. The van der Waals surface area contributed by atoms with Crippen LogP contribution in [0, 0.1) is 17.2 Å². The molecule has 0 unspecified atom stereocenters. The summed E-state index contributed by atoms with van der Waals surface area (Å²) in [5.74, 6) is -0.767. The molecule has 6 rings (SSSR count). The Bertz CT molecular complexity index is 1350. The average Bonchev–Trinajstić information content (AvgIpc) is 3.54. The van der Waals surface area contributed by atoms with Gasteiger partial charge in [0.2, 0.25) is 5.91 Å². The lowest BCUT2D eigenvalue weighted by Crippen LogP contribution is -2.37. The summed E-state index contributed by atoms with van der Waals surface area (Å²) >= 11 is 1.41. The van der Waals surface area contributed by atoms with Crippen molar-refractivity contribution in [1.29, 1.82) is 5.26 Å². The molecule has 0 bridgehead atoms. The van der Waals surface area contributed by atoms with Crippen LogP contribution in [-0.4, -0.2) is 25.0 Å². The van der Waals surface area contributed by atoms with Crippen LogP contribution in [0.15, 0.2) is 54.6 Å². The molecule has 7 nitrogen and oxygen atoms in total. The molecule has 3 atom stereocenters. The number of aryl methyl sites for hydroxylation is 1. The summed E-state index contributed by atoms with van der Waals surface area (Å²) in [6.07, 6.45) is 2.80. The standard InChI is InChI=1S/C27H23N3O4S/c1-33-18-13-11-16(12-14-18)23-22-24(34-30(23)17-7-3-2-4-8-17)26(32)29(25(22)31)27-20(15-28)19-9-5-6-10-21(19)35-27/h2-4,7-8,11-14,22-24H,5-6,9-10H2,1H3/t22-,23-,24-/m0/s1. The normalized spacial score (nSPS) is 23.3. The van der Waals surface area contributed by atoms with Crippen LogP contribution in [0.2, 0.25) is 0 Å². The molecule has 3 aromatic rings. The van der Waals surface area contributed by atoms with Crippen molar-refractivity contribution in [2.45, 2.75) is 37.8 Å². The molecule has 2 aliphatic heterocycles. The number of hydrogen-bond acceptors (Lipinski definition) is 7. The molecule has 1 aliphatic carbocycles. The Labute approximate surface area is 207 Å². The molecule has 3 aliphatic rings. The molecule has 2 amide bonds. The van der Waals surface area contributed by atoms with E-state index in [0.29, 0.717) is 16.3 Å². The third-order valence-electron chi connectivity index (χ3n) is 7.05. The largest absolute Gasteiger partial charge is 0.497 e. The number of hydroxylamine groups is 1. The third kappa shape index (κ3) is 3.34. The maximum Gasteiger partial charge on any atom is 0.267 e. The first-order valence-electron chi connectivity index (χ1n) is 11.7. The van der Waals surface area contributed by atoms with Crippen molar-refractivity contribution >= 4 is 33.8 Å². The summed E-state index contributed by atoms with van der Waals surface area (Å²) < 4.78 is 5.30. The molecular weight excluding hydrogens is 462 g/mol. The van der Waals surface area contributed by atoms with E-state index in [-0.39, 0.29) is 5.91 Å². The summed E-state index contributed by atoms with van der Waals surface area (Å²) in [7, 11) is 1.60. The van der Waals surface area contributed by atoms with E-state index >= 15 is 0 Å². The van der Waals surface area contributed by atoms with Crippen LogP contribution in [-0.2, 0) is 27.3 Å². The van der Waals surface area contributed by atoms with Gasteiger partial charge in [0, 0.05) is 4.88 Å². The second-order valence-corrected chi connectivity index (χ2v) is 10.0. The van der Waals surface area contributed by atoms with Crippen molar-refractivity contribution < 1.29 is 19.2 Å². The van der Waals surface area contributed by atoms with E-state index in [4.69, 9.17) is 9.57 Å². The minimum Gasteiger partial charge on any atom is -0.497 e. The highest BCUT2D eigenvalue weighted by atomic mass is 32.1. The van der Waals surface area contributed by atoms with E-state index in [1.54, 1.807) is 12.2 Å². The fourth-order valence-electron chi connectivity index (χ4n) is 5.38. The molecule has 2 saturated heterocycles.